The summed E-state index contributed by atoms with van der Waals surface area (Å²) in [4.78, 5) is 28.7. The number of aryl methyl sites for hydroxylation is 1. The monoisotopic (exact) mass is 498 g/mol. The molecule has 1 aliphatic rings. The lowest BCUT2D eigenvalue weighted by Gasteiger charge is -2.09. The third kappa shape index (κ3) is 6.59. The highest BCUT2D eigenvalue weighted by Gasteiger charge is 2.15. The van der Waals surface area contributed by atoms with E-state index >= 15 is 0 Å². The molecular weight excluding hydrogens is 476 g/mol. The van der Waals surface area contributed by atoms with Crippen molar-refractivity contribution in [2.75, 3.05) is 18.5 Å². The van der Waals surface area contributed by atoms with Gasteiger partial charge in [-0.2, -0.15) is 0 Å². The van der Waals surface area contributed by atoms with E-state index in [0.717, 1.165) is 17.7 Å². The van der Waals surface area contributed by atoms with E-state index in [0.29, 0.717) is 46.0 Å². The van der Waals surface area contributed by atoms with Crippen LogP contribution in [0.25, 0.3) is 6.08 Å². The summed E-state index contributed by atoms with van der Waals surface area (Å²) in [6, 6.07) is 11.0. The van der Waals surface area contributed by atoms with E-state index in [1.807, 2.05) is 31.2 Å². The van der Waals surface area contributed by atoms with Crippen LogP contribution in [0.2, 0.25) is 5.02 Å². The number of hydrogen-bond acceptors (Lipinski definition) is 7. The first-order valence-electron chi connectivity index (χ1n) is 10.7. The Morgan fingerprint density at radius 3 is 2.82 bits per heavy atom. The molecule has 34 heavy (non-hydrogen) atoms. The highest BCUT2D eigenvalue weighted by molar-refractivity contribution is 7.09. The van der Waals surface area contributed by atoms with Crippen molar-refractivity contribution in [3.63, 3.8) is 0 Å². The lowest BCUT2D eigenvalue weighted by Crippen LogP contribution is -2.14. The van der Waals surface area contributed by atoms with Crippen LogP contribution in [0.5, 0.6) is 11.5 Å². The number of halogens is 1. The average molecular weight is 499 g/mol. The predicted molar refractivity (Wildman–Crippen MR) is 132 cm³/mol. The zero-order valence-corrected chi connectivity index (χ0v) is 20.1. The third-order valence-corrected chi connectivity index (χ3v) is 6.02. The fourth-order valence-corrected chi connectivity index (χ4v) is 4.23. The molecule has 0 atom stereocenters. The Balaban J connectivity index is 1.27. The number of hydrogen-bond donors (Lipinski definition) is 1. The highest BCUT2D eigenvalue weighted by Crippen LogP contribution is 2.38. The van der Waals surface area contributed by atoms with Crippen LogP contribution in [-0.4, -0.2) is 30.1 Å². The number of anilines is 1. The summed E-state index contributed by atoms with van der Waals surface area (Å²) < 4.78 is 16.5. The first-order valence-corrected chi connectivity index (χ1v) is 12.0. The van der Waals surface area contributed by atoms with Crippen molar-refractivity contribution in [1.82, 2.24) is 4.98 Å². The molecule has 0 aliphatic carbocycles. The van der Waals surface area contributed by atoms with Crippen LogP contribution in [0.4, 0.5) is 5.69 Å². The molecule has 3 aromatic rings. The van der Waals surface area contributed by atoms with E-state index < -0.39 is 5.97 Å². The molecule has 2 aromatic carbocycles. The lowest BCUT2D eigenvalue weighted by atomic mass is 10.2. The molecule has 1 aliphatic heterocycles. The molecule has 2 heterocycles. The first kappa shape index (κ1) is 23.8. The molecule has 176 valence electrons. The number of nitrogens with one attached hydrogen (secondary N) is 1. The van der Waals surface area contributed by atoms with Gasteiger partial charge in [0.1, 0.15) is 11.6 Å². The van der Waals surface area contributed by atoms with Crippen LogP contribution in [-0.2, 0) is 27.4 Å². The van der Waals surface area contributed by atoms with Gasteiger partial charge in [-0.3, -0.25) is 4.79 Å². The normalized spacial score (nSPS) is 12.9. The predicted octanol–water partition coefficient (Wildman–Crippen LogP) is 5.20. The van der Waals surface area contributed by atoms with Gasteiger partial charge in [-0.1, -0.05) is 29.3 Å². The Morgan fingerprint density at radius 2 is 2.00 bits per heavy atom. The molecule has 1 aromatic heterocycles. The quantitative estimate of drug-likeness (QED) is 0.355. The van der Waals surface area contributed by atoms with Gasteiger partial charge in [0, 0.05) is 23.6 Å². The van der Waals surface area contributed by atoms with Gasteiger partial charge in [-0.25, -0.2) is 9.78 Å². The van der Waals surface area contributed by atoms with E-state index in [1.165, 1.54) is 17.4 Å². The number of amides is 1. The number of carbonyl (C=O) groups excluding carboxylic acids is 2. The Morgan fingerprint density at radius 1 is 1.21 bits per heavy atom. The summed E-state index contributed by atoms with van der Waals surface area (Å²) in [6.07, 6.45) is 3.85. The molecule has 4 rings (SSSR count). The molecule has 0 saturated heterocycles. The van der Waals surface area contributed by atoms with Gasteiger partial charge in [-0.05, 0) is 42.8 Å². The number of rotatable bonds is 7. The van der Waals surface area contributed by atoms with E-state index in [4.69, 9.17) is 25.8 Å². The molecule has 0 bridgehead atoms. The second-order valence-electron chi connectivity index (χ2n) is 7.65. The van der Waals surface area contributed by atoms with Crippen molar-refractivity contribution in [2.45, 2.75) is 26.4 Å². The van der Waals surface area contributed by atoms with E-state index in [-0.39, 0.29) is 18.9 Å². The third-order valence-electron chi connectivity index (χ3n) is 4.85. The Kier molecular flexibility index (Phi) is 7.82. The molecule has 1 amide bonds. The maximum Gasteiger partial charge on any atom is 0.331 e. The van der Waals surface area contributed by atoms with Crippen molar-refractivity contribution in [1.29, 1.82) is 0 Å². The van der Waals surface area contributed by atoms with Crippen molar-refractivity contribution >= 4 is 46.6 Å². The van der Waals surface area contributed by atoms with Gasteiger partial charge in [0.2, 0.25) is 5.91 Å². The number of aromatic nitrogens is 1. The number of nitrogens with zero attached hydrogens (tertiary/aromatic N) is 1. The molecule has 0 radical (unpaired) electrons. The smallest absolute Gasteiger partial charge is 0.331 e. The Labute approximate surface area is 206 Å². The Hall–Kier alpha value is -3.36. The Bertz CT molecular complexity index is 1210. The number of ether oxygens (including phenoxy) is 3. The van der Waals surface area contributed by atoms with Crippen molar-refractivity contribution in [2.24, 2.45) is 0 Å². The highest BCUT2D eigenvalue weighted by atomic mass is 35.5. The molecule has 1 N–H and O–H groups in total. The van der Waals surface area contributed by atoms with Crippen LogP contribution in [0.3, 0.4) is 0 Å². The minimum absolute atomic E-state index is 0.0150. The SMILES string of the molecule is Cc1ccc(NC(=O)Cc2nc(COC(=O)/C=C/c3cc(Cl)c4c(c3)OCCCO4)cs2)cc1. The number of carbonyl (C=O) groups is 2. The average Bonchev–Trinajstić information content (AvgIpc) is 3.11. The van der Waals surface area contributed by atoms with Gasteiger partial charge in [0.25, 0.3) is 0 Å². The van der Waals surface area contributed by atoms with Gasteiger partial charge in [-0.15, -0.1) is 11.3 Å². The molecule has 0 spiro atoms. The molecular formula is C25H23ClN2O5S. The van der Waals surface area contributed by atoms with Crippen molar-refractivity contribution in [3.8, 4) is 11.5 Å². The molecule has 0 unspecified atom stereocenters. The fraction of sp³-hybridized carbons (Fsp3) is 0.240. The zero-order chi connectivity index (χ0) is 23.9. The number of esters is 1. The molecule has 0 saturated carbocycles. The molecule has 7 nitrogen and oxygen atoms in total. The number of thiazole rings is 1. The van der Waals surface area contributed by atoms with Crippen LogP contribution in [0.1, 0.15) is 28.2 Å². The topological polar surface area (TPSA) is 86.8 Å². The number of fused-ring (bicyclic) bond motifs is 1. The summed E-state index contributed by atoms with van der Waals surface area (Å²) in [7, 11) is 0. The zero-order valence-electron chi connectivity index (χ0n) is 18.5. The standard InChI is InChI=1S/C25H23ClN2O5S/c1-16-3-6-18(7-4-16)27-22(29)13-23-28-19(15-34-23)14-33-24(30)8-5-17-11-20(26)25-21(12-17)31-9-2-10-32-25/h3-8,11-12,15H,2,9-10,13-14H2,1H3,(H,27,29)/b8-5+. The van der Waals surface area contributed by atoms with E-state index in [9.17, 15) is 9.59 Å². The largest absolute Gasteiger partial charge is 0.489 e. The van der Waals surface area contributed by atoms with Crippen molar-refractivity contribution < 1.29 is 23.8 Å². The molecule has 0 fully saturated rings. The van der Waals surface area contributed by atoms with Gasteiger partial charge >= 0.3 is 5.97 Å². The summed E-state index contributed by atoms with van der Waals surface area (Å²) in [5.41, 5.74) is 3.14. The summed E-state index contributed by atoms with van der Waals surface area (Å²) in [5.74, 6) is 0.401. The number of benzene rings is 2. The van der Waals surface area contributed by atoms with E-state index in [2.05, 4.69) is 10.3 Å². The summed E-state index contributed by atoms with van der Waals surface area (Å²) in [6.45, 7) is 3.09. The van der Waals surface area contributed by atoms with Gasteiger partial charge in [0.15, 0.2) is 11.5 Å². The van der Waals surface area contributed by atoms with Gasteiger partial charge in [0.05, 0.1) is 30.4 Å². The summed E-state index contributed by atoms with van der Waals surface area (Å²) >= 11 is 7.62. The van der Waals surface area contributed by atoms with Crippen LogP contribution >= 0.6 is 22.9 Å². The maximum absolute atomic E-state index is 12.2. The van der Waals surface area contributed by atoms with Gasteiger partial charge < -0.3 is 19.5 Å². The minimum Gasteiger partial charge on any atom is -0.489 e. The van der Waals surface area contributed by atoms with Crippen LogP contribution in [0.15, 0.2) is 47.9 Å². The lowest BCUT2D eigenvalue weighted by molar-refractivity contribution is -0.139. The van der Waals surface area contributed by atoms with Crippen molar-refractivity contribution in [3.05, 3.63) is 74.7 Å². The van der Waals surface area contributed by atoms with Crippen LogP contribution < -0.4 is 14.8 Å². The maximum atomic E-state index is 12.2. The fourth-order valence-electron chi connectivity index (χ4n) is 3.18. The van der Waals surface area contributed by atoms with E-state index in [1.54, 1.807) is 23.6 Å². The summed E-state index contributed by atoms with van der Waals surface area (Å²) in [5, 5.41) is 5.69. The molecule has 9 heteroatoms. The minimum atomic E-state index is -0.519. The second kappa shape index (κ2) is 11.2. The second-order valence-corrected chi connectivity index (χ2v) is 8.99. The van der Waals surface area contributed by atoms with Crippen LogP contribution in [0, 0.1) is 6.92 Å². The first-order chi connectivity index (χ1) is 16.5.